The first kappa shape index (κ1) is 25.8. The Morgan fingerprint density at radius 2 is 1.27 bits per heavy atom. The van der Waals surface area contributed by atoms with E-state index >= 15 is 0 Å². The normalized spacial score (nSPS) is 14.1. The third-order valence-electron chi connectivity index (χ3n) is 5.58. The van der Waals surface area contributed by atoms with Crippen LogP contribution in [-0.4, -0.2) is 28.7 Å². The van der Waals surface area contributed by atoms with Crippen LogP contribution in [0.5, 0.6) is 0 Å². The Kier molecular flexibility index (Phi) is 6.48. The molecule has 3 aromatic carbocycles. The average molecular weight is 528 g/mol. The molecule has 0 bridgehead atoms. The van der Waals surface area contributed by atoms with Crippen molar-refractivity contribution in [3.8, 4) is 0 Å². The van der Waals surface area contributed by atoms with E-state index < -0.39 is 76.7 Å². The zero-order chi connectivity index (χ0) is 27.2. The van der Waals surface area contributed by atoms with Crippen LogP contribution in [0.15, 0.2) is 48.5 Å². The van der Waals surface area contributed by atoms with E-state index in [0.717, 1.165) is 12.1 Å². The van der Waals surface area contributed by atoms with Gasteiger partial charge in [0.15, 0.2) is 23.3 Å². The van der Waals surface area contributed by atoms with Crippen LogP contribution in [0.4, 0.5) is 40.8 Å². The Bertz CT molecular complexity index is 1370. The van der Waals surface area contributed by atoms with Crippen LogP contribution in [0.25, 0.3) is 0 Å². The largest absolute Gasteiger partial charge is 0.422 e. The standard InChI is InChI=1S/C24H12F8N2O3/c25-11-7-5-10(6-8-11)9-14(34-22(36)12-3-1-2-4-13(12)23(34)37)21(35)33-20-18(28)16(26)15(24(30,31)32)17(27)19(20)29/h1-8,14H,9H2,(H,33,35)/t14-/m0/s1. The highest BCUT2D eigenvalue weighted by Crippen LogP contribution is 2.38. The average Bonchev–Trinajstić information content (AvgIpc) is 3.09. The highest BCUT2D eigenvalue weighted by Gasteiger charge is 2.45. The zero-order valence-electron chi connectivity index (χ0n) is 18.1. The molecule has 5 nitrogen and oxygen atoms in total. The van der Waals surface area contributed by atoms with E-state index in [0.29, 0.717) is 4.90 Å². The molecular formula is C24H12F8N2O3. The van der Waals surface area contributed by atoms with Crippen molar-refractivity contribution in [2.24, 2.45) is 0 Å². The third kappa shape index (κ3) is 4.52. The fraction of sp³-hybridized carbons (Fsp3) is 0.125. The zero-order valence-corrected chi connectivity index (χ0v) is 18.1. The molecule has 0 saturated carbocycles. The van der Waals surface area contributed by atoms with Gasteiger partial charge >= 0.3 is 6.18 Å². The fourth-order valence-corrected chi connectivity index (χ4v) is 3.83. The first-order valence-corrected chi connectivity index (χ1v) is 10.3. The maximum Gasteiger partial charge on any atom is 0.422 e. The van der Waals surface area contributed by atoms with E-state index in [1.54, 1.807) is 0 Å². The molecule has 0 radical (unpaired) electrons. The molecule has 1 heterocycles. The van der Waals surface area contributed by atoms with Gasteiger partial charge in [-0.1, -0.05) is 24.3 Å². The minimum atomic E-state index is -5.80. The van der Waals surface area contributed by atoms with E-state index in [2.05, 4.69) is 0 Å². The van der Waals surface area contributed by atoms with Gasteiger partial charge in [0.05, 0.1) is 11.1 Å². The predicted molar refractivity (Wildman–Crippen MR) is 111 cm³/mol. The van der Waals surface area contributed by atoms with Gasteiger partial charge in [-0.05, 0) is 29.8 Å². The molecule has 3 aromatic rings. The Morgan fingerprint density at radius 3 is 1.73 bits per heavy atom. The number of nitrogens with zero attached hydrogens (tertiary/aromatic N) is 1. The van der Waals surface area contributed by atoms with Gasteiger partial charge in [0, 0.05) is 6.42 Å². The van der Waals surface area contributed by atoms with Crippen LogP contribution in [-0.2, 0) is 17.4 Å². The summed E-state index contributed by atoms with van der Waals surface area (Å²) in [5.41, 5.74) is -4.82. The van der Waals surface area contributed by atoms with Gasteiger partial charge in [-0.3, -0.25) is 19.3 Å². The summed E-state index contributed by atoms with van der Waals surface area (Å²) in [5, 5.41) is 1.46. The second-order valence-corrected chi connectivity index (χ2v) is 7.87. The minimum Gasteiger partial charge on any atom is -0.319 e. The van der Waals surface area contributed by atoms with Crippen LogP contribution in [0.2, 0.25) is 0 Å². The van der Waals surface area contributed by atoms with Crippen molar-refractivity contribution < 1.29 is 49.5 Å². The Morgan fingerprint density at radius 1 is 0.784 bits per heavy atom. The van der Waals surface area contributed by atoms with Crippen molar-refractivity contribution in [2.45, 2.75) is 18.6 Å². The van der Waals surface area contributed by atoms with Gasteiger partial charge in [0.2, 0.25) is 5.91 Å². The predicted octanol–water partition coefficient (Wildman–Crippen LogP) is 5.25. The van der Waals surface area contributed by atoms with Gasteiger partial charge in [-0.15, -0.1) is 0 Å². The molecule has 13 heteroatoms. The van der Waals surface area contributed by atoms with Crippen molar-refractivity contribution >= 4 is 23.4 Å². The van der Waals surface area contributed by atoms with Gasteiger partial charge in [-0.25, -0.2) is 22.0 Å². The number of carbonyl (C=O) groups excluding carboxylic acids is 3. The van der Waals surface area contributed by atoms with Crippen LogP contribution in [0.3, 0.4) is 0 Å². The molecule has 1 aliphatic heterocycles. The van der Waals surface area contributed by atoms with Crippen LogP contribution in [0, 0.1) is 29.1 Å². The highest BCUT2D eigenvalue weighted by atomic mass is 19.4. The SMILES string of the molecule is O=C(Nc1c(F)c(F)c(C(F)(F)F)c(F)c1F)[C@H](Cc1ccc(F)cc1)N1C(=O)c2ccccc2C1=O. The number of carbonyl (C=O) groups is 3. The molecule has 0 saturated heterocycles. The summed E-state index contributed by atoms with van der Waals surface area (Å²) < 4.78 is 109. The maximum atomic E-state index is 14.4. The molecule has 0 aromatic heterocycles. The lowest BCUT2D eigenvalue weighted by molar-refractivity contribution is -0.143. The number of halogens is 8. The minimum absolute atomic E-state index is 0.117. The number of amides is 3. The van der Waals surface area contributed by atoms with Crippen molar-refractivity contribution in [1.29, 1.82) is 0 Å². The maximum absolute atomic E-state index is 14.4. The van der Waals surface area contributed by atoms with E-state index in [1.165, 1.54) is 41.7 Å². The van der Waals surface area contributed by atoms with Crippen LogP contribution < -0.4 is 5.32 Å². The molecule has 37 heavy (non-hydrogen) atoms. The Balaban J connectivity index is 1.77. The second-order valence-electron chi connectivity index (χ2n) is 7.87. The highest BCUT2D eigenvalue weighted by molar-refractivity contribution is 6.23. The number of anilines is 1. The van der Waals surface area contributed by atoms with Gasteiger partial charge < -0.3 is 5.32 Å². The van der Waals surface area contributed by atoms with Gasteiger partial charge in [-0.2, -0.15) is 13.2 Å². The summed E-state index contributed by atoms with van der Waals surface area (Å²) in [6.45, 7) is 0. The van der Waals surface area contributed by atoms with E-state index in [9.17, 15) is 49.5 Å². The molecule has 192 valence electrons. The van der Waals surface area contributed by atoms with Gasteiger partial charge in [0.25, 0.3) is 11.8 Å². The number of benzene rings is 3. The van der Waals surface area contributed by atoms with Crippen molar-refractivity contribution in [1.82, 2.24) is 4.90 Å². The monoisotopic (exact) mass is 528 g/mol. The van der Waals surface area contributed by atoms with Crippen molar-refractivity contribution in [3.05, 3.63) is 99.9 Å². The summed E-state index contributed by atoms with van der Waals surface area (Å²) in [6, 6.07) is 7.76. The first-order chi connectivity index (χ1) is 17.3. The summed E-state index contributed by atoms with van der Waals surface area (Å²) in [5.74, 6) is -14.9. The first-order valence-electron chi connectivity index (χ1n) is 10.3. The number of rotatable bonds is 5. The fourth-order valence-electron chi connectivity index (χ4n) is 3.83. The number of alkyl halides is 3. The molecule has 0 aliphatic carbocycles. The van der Waals surface area contributed by atoms with Crippen LogP contribution in [0.1, 0.15) is 31.8 Å². The summed E-state index contributed by atoms with van der Waals surface area (Å²) in [7, 11) is 0. The number of hydrogen-bond acceptors (Lipinski definition) is 3. The quantitative estimate of drug-likeness (QED) is 0.280. The number of hydrogen-bond donors (Lipinski definition) is 1. The van der Waals surface area contributed by atoms with Crippen molar-refractivity contribution in [2.75, 3.05) is 5.32 Å². The van der Waals surface area contributed by atoms with E-state index in [-0.39, 0.29) is 16.7 Å². The molecule has 1 N–H and O–H groups in total. The lowest BCUT2D eigenvalue weighted by atomic mass is 10.0. The molecular weight excluding hydrogens is 516 g/mol. The third-order valence-corrected chi connectivity index (χ3v) is 5.58. The number of imide groups is 1. The number of nitrogens with one attached hydrogen (secondary N) is 1. The van der Waals surface area contributed by atoms with Gasteiger partial charge in [0.1, 0.15) is 23.1 Å². The summed E-state index contributed by atoms with van der Waals surface area (Å²) in [4.78, 5) is 39.4. The molecule has 0 fully saturated rings. The molecule has 1 atom stereocenters. The van der Waals surface area contributed by atoms with E-state index in [1.807, 2.05) is 0 Å². The summed E-state index contributed by atoms with van der Waals surface area (Å²) in [6.07, 6.45) is -6.35. The number of fused-ring (bicyclic) bond motifs is 1. The molecule has 0 unspecified atom stereocenters. The summed E-state index contributed by atoms with van der Waals surface area (Å²) >= 11 is 0. The second kappa shape index (κ2) is 9.30. The Labute approximate surface area is 202 Å². The molecule has 3 amide bonds. The topological polar surface area (TPSA) is 66.5 Å². The lowest BCUT2D eigenvalue weighted by Crippen LogP contribution is -2.48. The van der Waals surface area contributed by atoms with Crippen LogP contribution >= 0.6 is 0 Å². The van der Waals surface area contributed by atoms with E-state index in [4.69, 9.17) is 0 Å². The molecule has 0 spiro atoms. The Hall–Kier alpha value is -4.29. The smallest absolute Gasteiger partial charge is 0.319 e. The lowest BCUT2D eigenvalue weighted by Gasteiger charge is -2.26. The molecule has 1 aliphatic rings. The van der Waals surface area contributed by atoms with Crippen molar-refractivity contribution in [3.63, 3.8) is 0 Å². The molecule has 4 rings (SSSR count).